The van der Waals surface area contributed by atoms with Crippen LogP contribution in [0.25, 0.3) is 0 Å². The number of hydrogen-bond acceptors (Lipinski definition) is 5. The van der Waals surface area contributed by atoms with Gasteiger partial charge in [-0.3, -0.25) is 9.69 Å². The molecule has 0 saturated carbocycles. The Labute approximate surface area is 172 Å². The Morgan fingerprint density at radius 1 is 1.17 bits per heavy atom. The monoisotopic (exact) mass is 398 g/mol. The minimum Gasteiger partial charge on any atom is -0.497 e. The Hall–Kier alpha value is -2.41. The predicted octanol–water partition coefficient (Wildman–Crippen LogP) is 2.52. The van der Waals surface area contributed by atoms with Crippen LogP contribution in [-0.2, 0) is 16.1 Å². The van der Waals surface area contributed by atoms with Crippen molar-refractivity contribution in [2.24, 2.45) is 0 Å². The smallest absolute Gasteiger partial charge is 0.246 e. The van der Waals surface area contributed by atoms with E-state index < -0.39 is 11.6 Å². The van der Waals surface area contributed by atoms with E-state index in [1.165, 1.54) is 7.11 Å². The highest BCUT2D eigenvalue weighted by atomic mass is 16.5. The van der Waals surface area contributed by atoms with Gasteiger partial charge in [-0.15, -0.1) is 0 Å². The quantitative estimate of drug-likeness (QED) is 0.750. The van der Waals surface area contributed by atoms with E-state index in [-0.39, 0.29) is 18.6 Å². The highest BCUT2D eigenvalue weighted by Crippen LogP contribution is 2.38. The molecule has 29 heavy (non-hydrogen) atoms. The number of hydrogen-bond donors (Lipinski definition) is 2. The SMILES string of the molecule is COCC(=O)N[C@H]1[C@H](c2ccccc2)N(Cc2ccc(OC)cc2)CC[C@@]1(C)O. The van der Waals surface area contributed by atoms with E-state index in [4.69, 9.17) is 9.47 Å². The van der Waals surface area contributed by atoms with Crippen LogP contribution in [0.1, 0.15) is 30.5 Å². The van der Waals surface area contributed by atoms with E-state index in [9.17, 15) is 9.90 Å². The predicted molar refractivity (Wildman–Crippen MR) is 112 cm³/mol. The molecule has 6 nitrogen and oxygen atoms in total. The molecule has 1 heterocycles. The number of piperidine rings is 1. The van der Waals surface area contributed by atoms with Gasteiger partial charge in [0.05, 0.1) is 24.8 Å². The first-order valence-corrected chi connectivity index (χ1v) is 9.87. The molecule has 2 aromatic carbocycles. The Balaban J connectivity index is 1.92. The van der Waals surface area contributed by atoms with Gasteiger partial charge in [0.2, 0.25) is 5.91 Å². The number of nitrogens with one attached hydrogen (secondary N) is 1. The number of aliphatic hydroxyl groups is 1. The molecule has 0 spiro atoms. The molecule has 6 heteroatoms. The van der Waals surface area contributed by atoms with Crippen molar-refractivity contribution in [2.75, 3.05) is 27.4 Å². The standard InChI is InChI=1S/C23H30N2O4/c1-23(27)13-14-25(15-17-9-11-19(29-3)12-10-17)21(18-7-5-4-6-8-18)22(23)24-20(26)16-28-2/h4-12,21-22,27H,13-16H2,1-3H3,(H,24,26)/t21-,22-,23+/m0/s1. The average Bonchev–Trinajstić information content (AvgIpc) is 2.72. The van der Waals surface area contributed by atoms with Gasteiger partial charge in [-0.2, -0.15) is 0 Å². The molecule has 0 radical (unpaired) electrons. The first kappa shape index (κ1) is 21.3. The van der Waals surface area contributed by atoms with E-state index in [0.29, 0.717) is 13.0 Å². The number of benzene rings is 2. The van der Waals surface area contributed by atoms with Crippen LogP contribution in [0.4, 0.5) is 0 Å². The summed E-state index contributed by atoms with van der Waals surface area (Å²) in [5, 5.41) is 14.2. The number of ether oxygens (including phenoxy) is 2. The minimum atomic E-state index is -1.03. The van der Waals surface area contributed by atoms with Crippen molar-refractivity contribution < 1.29 is 19.4 Å². The summed E-state index contributed by atoms with van der Waals surface area (Å²) in [7, 11) is 3.14. The fourth-order valence-corrected chi connectivity index (χ4v) is 3.99. The van der Waals surface area contributed by atoms with Gasteiger partial charge in [0, 0.05) is 20.2 Å². The molecule has 1 aliphatic heterocycles. The molecule has 3 rings (SSSR count). The summed E-state index contributed by atoms with van der Waals surface area (Å²) in [5.41, 5.74) is 1.18. The van der Waals surface area contributed by atoms with Crippen molar-refractivity contribution in [1.29, 1.82) is 0 Å². The first-order chi connectivity index (χ1) is 13.9. The van der Waals surface area contributed by atoms with Crippen LogP contribution in [0.2, 0.25) is 0 Å². The zero-order valence-corrected chi connectivity index (χ0v) is 17.3. The molecule has 1 fully saturated rings. The van der Waals surface area contributed by atoms with Gasteiger partial charge in [-0.25, -0.2) is 0 Å². The summed E-state index contributed by atoms with van der Waals surface area (Å²) in [6.45, 7) is 3.18. The van der Waals surface area contributed by atoms with Gasteiger partial charge in [0.1, 0.15) is 12.4 Å². The molecule has 3 atom stereocenters. The van der Waals surface area contributed by atoms with Gasteiger partial charge in [0.25, 0.3) is 0 Å². The largest absolute Gasteiger partial charge is 0.497 e. The molecule has 0 aliphatic carbocycles. The lowest BCUT2D eigenvalue weighted by Crippen LogP contribution is -2.62. The number of methoxy groups -OCH3 is 2. The van der Waals surface area contributed by atoms with Gasteiger partial charge >= 0.3 is 0 Å². The summed E-state index contributed by atoms with van der Waals surface area (Å²) in [6.07, 6.45) is 0.560. The maximum Gasteiger partial charge on any atom is 0.246 e. The number of nitrogens with zero attached hydrogens (tertiary/aromatic N) is 1. The van der Waals surface area contributed by atoms with Crippen LogP contribution in [0, 0.1) is 0 Å². The summed E-state index contributed by atoms with van der Waals surface area (Å²) >= 11 is 0. The van der Waals surface area contributed by atoms with Crippen molar-refractivity contribution in [3.8, 4) is 5.75 Å². The van der Waals surface area contributed by atoms with Crippen molar-refractivity contribution in [2.45, 2.75) is 37.6 Å². The van der Waals surface area contributed by atoms with Crippen LogP contribution < -0.4 is 10.1 Å². The fraction of sp³-hybridized carbons (Fsp3) is 0.435. The van der Waals surface area contributed by atoms with Gasteiger partial charge in [-0.05, 0) is 36.6 Å². The van der Waals surface area contributed by atoms with Crippen molar-refractivity contribution in [1.82, 2.24) is 10.2 Å². The molecule has 0 unspecified atom stereocenters. The summed E-state index contributed by atoms with van der Waals surface area (Å²) in [4.78, 5) is 14.6. The number of carbonyl (C=O) groups excluding carboxylic acids is 1. The number of likely N-dealkylation sites (tertiary alicyclic amines) is 1. The third-order valence-corrected chi connectivity index (χ3v) is 5.56. The summed E-state index contributed by atoms with van der Waals surface area (Å²) < 4.78 is 10.2. The second kappa shape index (κ2) is 9.39. The molecule has 1 amide bonds. The number of rotatable bonds is 7. The molecule has 0 bridgehead atoms. The van der Waals surface area contributed by atoms with Crippen molar-refractivity contribution >= 4 is 5.91 Å². The van der Waals surface area contributed by atoms with E-state index in [1.54, 1.807) is 14.0 Å². The Morgan fingerprint density at radius 2 is 1.86 bits per heavy atom. The lowest BCUT2D eigenvalue weighted by Gasteiger charge is -2.49. The maximum atomic E-state index is 12.3. The molecule has 2 N–H and O–H groups in total. The molecule has 1 aliphatic rings. The third-order valence-electron chi connectivity index (χ3n) is 5.56. The Morgan fingerprint density at radius 3 is 2.48 bits per heavy atom. The maximum absolute atomic E-state index is 12.3. The topological polar surface area (TPSA) is 71.0 Å². The van der Waals surface area contributed by atoms with Crippen molar-refractivity contribution in [3.05, 3.63) is 65.7 Å². The highest BCUT2D eigenvalue weighted by molar-refractivity contribution is 5.77. The minimum absolute atomic E-state index is 0.0351. The molecule has 1 saturated heterocycles. The molecule has 2 aromatic rings. The lowest BCUT2D eigenvalue weighted by molar-refractivity contribution is -0.132. The third kappa shape index (κ3) is 5.15. The Bertz CT molecular complexity index is 792. The molecular formula is C23H30N2O4. The number of carbonyl (C=O) groups is 1. The van der Waals surface area contributed by atoms with Crippen LogP contribution >= 0.6 is 0 Å². The van der Waals surface area contributed by atoms with Crippen LogP contribution in [0.3, 0.4) is 0 Å². The van der Waals surface area contributed by atoms with Gasteiger partial charge < -0.3 is 19.9 Å². The number of amides is 1. The van der Waals surface area contributed by atoms with Gasteiger partial charge in [0.15, 0.2) is 0 Å². The summed E-state index contributed by atoms with van der Waals surface area (Å²) in [5.74, 6) is 0.588. The molecule has 156 valence electrons. The van der Waals surface area contributed by atoms with Gasteiger partial charge in [-0.1, -0.05) is 42.5 Å². The zero-order chi connectivity index (χ0) is 20.9. The van der Waals surface area contributed by atoms with E-state index in [0.717, 1.165) is 23.4 Å². The van der Waals surface area contributed by atoms with Crippen LogP contribution in [0.15, 0.2) is 54.6 Å². The van der Waals surface area contributed by atoms with Crippen LogP contribution in [-0.4, -0.2) is 54.9 Å². The van der Waals surface area contributed by atoms with Crippen LogP contribution in [0.5, 0.6) is 5.75 Å². The normalized spacial score (nSPS) is 24.8. The zero-order valence-electron chi connectivity index (χ0n) is 17.3. The Kier molecular flexibility index (Phi) is 6.90. The second-order valence-electron chi connectivity index (χ2n) is 7.76. The fourth-order valence-electron chi connectivity index (χ4n) is 3.99. The second-order valence-corrected chi connectivity index (χ2v) is 7.76. The van der Waals surface area contributed by atoms with E-state index in [1.807, 2.05) is 54.6 Å². The highest BCUT2D eigenvalue weighted by Gasteiger charge is 2.46. The van der Waals surface area contributed by atoms with E-state index >= 15 is 0 Å². The average molecular weight is 399 g/mol. The van der Waals surface area contributed by atoms with E-state index in [2.05, 4.69) is 10.2 Å². The summed E-state index contributed by atoms with van der Waals surface area (Å²) in [6, 6.07) is 17.4. The lowest BCUT2D eigenvalue weighted by atomic mass is 9.79. The van der Waals surface area contributed by atoms with Crippen molar-refractivity contribution in [3.63, 3.8) is 0 Å². The first-order valence-electron chi connectivity index (χ1n) is 9.87. The molecule has 0 aromatic heterocycles. The molecular weight excluding hydrogens is 368 g/mol.